The summed E-state index contributed by atoms with van der Waals surface area (Å²) < 4.78 is 5.59. The van der Waals surface area contributed by atoms with E-state index < -0.39 is 0 Å². The summed E-state index contributed by atoms with van der Waals surface area (Å²) in [5.41, 5.74) is 1.92. The zero-order valence-corrected chi connectivity index (χ0v) is 9.52. The van der Waals surface area contributed by atoms with Crippen LogP contribution in [0.1, 0.15) is 11.3 Å². The third-order valence-electron chi connectivity index (χ3n) is 2.17. The van der Waals surface area contributed by atoms with Gasteiger partial charge in [-0.1, -0.05) is 24.3 Å². The highest BCUT2D eigenvalue weighted by Crippen LogP contribution is 2.11. The lowest BCUT2D eigenvalue weighted by atomic mass is 10.2. The summed E-state index contributed by atoms with van der Waals surface area (Å²) in [6, 6.07) is 13.6. The van der Waals surface area contributed by atoms with Crippen molar-refractivity contribution >= 4 is 11.6 Å². The fourth-order valence-corrected chi connectivity index (χ4v) is 1.46. The molecule has 0 fully saturated rings. The van der Waals surface area contributed by atoms with Crippen molar-refractivity contribution in [3.63, 3.8) is 0 Å². The second-order valence-electron chi connectivity index (χ2n) is 3.39. The van der Waals surface area contributed by atoms with Crippen LogP contribution < -0.4 is 4.74 Å². The van der Waals surface area contributed by atoms with E-state index in [1.54, 1.807) is 6.20 Å². The number of nitrogens with zero attached hydrogens (tertiary/aromatic N) is 1. The highest BCUT2D eigenvalue weighted by Gasteiger charge is 1.96. The molecule has 0 aliphatic rings. The average Bonchev–Trinajstić information content (AvgIpc) is 2.38. The third-order valence-corrected chi connectivity index (χ3v) is 2.45. The second-order valence-corrected chi connectivity index (χ2v) is 3.66. The van der Waals surface area contributed by atoms with Crippen LogP contribution in [0.25, 0.3) is 0 Å². The number of hydrogen-bond donors (Lipinski definition) is 0. The summed E-state index contributed by atoms with van der Waals surface area (Å²) in [7, 11) is 0. The Morgan fingerprint density at radius 1 is 1.06 bits per heavy atom. The van der Waals surface area contributed by atoms with Crippen LogP contribution in [-0.2, 0) is 12.5 Å². The van der Waals surface area contributed by atoms with Crippen LogP contribution >= 0.6 is 11.6 Å². The van der Waals surface area contributed by atoms with E-state index in [1.165, 1.54) is 0 Å². The minimum atomic E-state index is 0.444. The largest absolute Gasteiger partial charge is 0.489 e. The van der Waals surface area contributed by atoms with Crippen LogP contribution in [-0.4, -0.2) is 4.98 Å². The van der Waals surface area contributed by atoms with Gasteiger partial charge in [0.05, 0.1) is 11.6 Å². The van der Waals surface area contributed by atoms with E-state index in [4.69, 9.17) is 16.3 Å². The molecule has 0 spiro atoms. The normalized spacial score (nSPS) is 10.1. The predicted octanol–water partition coefficient (Wildman–Crippen LogP) is 3.40. The molecule has 1 aromatic heterocycles. The SMILES string of the molecule is ClCc1ccc(COc2ccccc2)cn1. The Bertz CT molecular complexity index is 427. The van der Waals surface area contributed by atoms with Gasteiger partial charge in [-0.3, -0.25) is 4.98 Å². The summed E-state index contributed by atoms with van der Waals surface area (Å²) in [5.74, 6) is 1.31. The average molecular weight is 234 g/mol. The fourth-order valence-electron chi connectivity index (χ4n) is 1.30. The summed E-state index contributed by atoms with van der Waals surface area (Å²) in [5, 5.41) is 0. The number of ether oxygens (including phenoxy) is 1. The lowest BCUT2D eigenvalue weighted by Crippen LogP contribution is -1.96. The zero-order chi connectivity index (χ0) is 11.2. The third kappa shape index (κ3) is 2.97. The van der Waals surface area contributed by atoms with E-state index in [1.807, 2.05) is 42.5 Å². The second kappa shape index (κ2) is 5.52. The van der Waals surface area contributed by atoms with E-state index in [-0.39, 0.29) is 0 Å². The smallest absolute Gasteiger partial charge is 0.119 e. The van der Waals surface area contributed by atoms with Crippen molar-refractivity contribution in [3.8, 4) is 5.75 Å². The minimum Gasteiger partial charge on any atom is -0.489 e. The zero-order valence-electron chi connectivity index (χ0n) is 8.77. The fraction of sp³-hybridized carbons (Fsp3) is 0.154. The standard InChI is InChI=1S/C13H12ClNO/c14-8-12-7-6-11(9-15-12)10-16-13-4-2-1-3-5-13/h1-7,9H,8,10H2. The molecule has 0 unspecified atom stereocenters. The van der Waals surface area contributed by atoms with Crippen molar-refractivity contribution in [1.82, 2.24) is 4.98 Å². The number of hydrogen-bond acceptors (Lipinski definition) is 2. The molecule has 0 atom stereocenters. The molecule has 1 heterocycles. The quantitative estimate of drug-likeness (QED) is 0.756. The van der Waals surface area contributed by atoms with Crippen LogP contribution in [0.5, 0.6) is 5.75 Å². The molecular weight excluding hydrogens is 222 g/mol. The maximum atomic E-state index is 5.66. The van der Waals surface area contributed by atoms with Crippen molar-refractivity contribution in [3.05, 3.63) is 59.9 Å². The Kier molecular flexibility index (Phi) is 3.78. The van der Waals surface area contributed by atoms with Crippen molar-refractivity contribution in [2.24, 2.45) is 0 Å². The molecule has 1 aromatic carbocycles. The van der Waals surface area contributed by atoms with Gasteiger partial charge in [0.25, 0.3) is 0 Å². The van der Waals surface area contributed by atoms with E-state index in [9.17, 15) is 0 Å². The lowest BCUT2D eigenvalue weighted by Gasteiger charge is -2.05. The molecule has 0 saturated heterocycles. The highest BCUT2D eigenvalue weighted by molar-refractivity contribution is 6.16. The number of benzene rings is 1. The molecule has 82 valence electrons. The number of halogens is 1. The molecule has 0 saturated carbocycles. The Balaban J connectivity index is 1.94. The first kappa shape index (κ1) is 11.0. The maximum absolute atomic E-state index is 5.66. The van der Waals surface area contributed by atoms with E-state index in [0.717, 1.165) is 17.0 Å². The van der Waals surface area contributed by atoms with Gasteiger partial charge in [-0.25, -0.2) is 0 Å². The predicted molar refractivity (Wildman–Crippen MR) is 64.6 cm³/mol. The number of pyridine rings is 1. The van der Waals surface area contributed by atoms with E-state index in [2.05, 4.69) is 4.98 Å². The number of aromatic nitrogens is 1. The minimum absolute atomic E-state index is 0.444. The summed E-state index contributed by atoms with van der Waals surface area (Å²) in [4.78, 5) is 4.20. The lowest BCUT2D eigenvalue weighted by molar-refractivity contribution is 0.305. The van der Waals surface area contributed by atoms with Crippen LogP contribution in [0.4, 0.5) is 0 Å². The topological polar surface area (TPSA) is 22.1 Å². The van der Waals surface area contributed by atoms with Crippen LogP contribution in [0.2, 0.25) is 0 Å². The van der Waals surface area contributed by atoms with Gasteiger partial charge in [-0.2, -0.15) is 0 Å². The van der Waals surface area contributed by atoms with E-state index >= 15 is 0 Å². The van der Waals surface area contributed by atoms with Gasteiger partial charge in [0, 0.05) is 11.8 Å². The Labute approximate surface area is 99.9 Å². The summed E-state index contributed by atoms with van der Waals surface area (Å²) in [6.07, 6.45) is 1.79. The van der Waals surface area contributed by atoms with Crippen molar-refractivity contribution in [1.29, 1.82) is 0 Å². The van der Waals surface area contributed by atoms with Gasteiger partial charge in [-0.05, 0) is 18.2 Å². The van der Waals surface area contributed by atoms with Crippen molar-refractivity contribution in [2.45, 2.75) is 12.5 Å². The summed E-state index contributed by atoms with van der Waals surface area (Å²) in [6.45, 7) is 0.527. The molecule has 16 heavy (non-hydrogen) atoms. The molecule has 0 radical (unpaired) electrons. The molecule has 3 heteroatoms. The van der Waals surface area contributed by atoms with E-state index in [0.29, 0.717) is 12.5 Å². The van der Waals surface area contributed by atoms with Crippen molar-refractivity contribution in [2.75, 3.05) is 0 Å². The Hall–Kier alpha value is -1.54. The number of alkyl halides is 1. The molecule has 0 aliphatic heterocycles. The molecule has 0 amide bonds. The van der Waals surface area contributed by atoms with Gasteiger partial charge in [0.1, 0.15) is 12.4 Å². The highest BCUT2D eigenvalue weighted by atomic mass is 35.5. The first-order chi connectivity index (χ1) is 7.88. The molecule has 2 aromatic rings. The van der Waals surface area contributed by atoms with Gasteiger partial charge < -0.3 is 4.74 Å². The van der Waals surface area contributed by atoms with Crippen molar-refractivity contribution < 1.29 is 4.74 Å². The molecular formula is C13H12ClNO. The monoisotopic (exact) mass is 233 g/mol. The van der Waals surface area contributed by atoms with Crippen LogP contribution in [0, 0.1) is 0 Å². The maximum Gasteiger partial charge on any atom is 0.119 e. The molecule has 0 aliphatic carbocycles. The number of para-hydroxylation sites is 1. The van der Waals surface area contributed by atoms with Crippen LogP contribution in [0.15, 0.2) is 48.7 Å². The Morgan fingerprint density at radius 2 is 1.88 bits per heavy atom. The molecule has 0 bridgehead atoms. The molecule has 2 nitrogen and oxygen atoms in total. The summed E-state index contributed by atoms with van der Waals surface area (Å²) >= 11 is 5.66. The van der Waals surface area contributed by atoms with Gasteiger partial charge in [0.15, 0.2) is 0 Å². The molecule has 0 N–H and O–H groups in total. The number of rotatable bonds is 4. The van der Waals surface area contributed by atoms with Gasteiger partial charge >= 0.3 is 0 Å². The first-order valence-corrected chi connectivity index (χ1v) is 5.59. The van der Waals surface area contributed by atoms with Gasteiger partial charge in [0.2, 0.25) is 0 Å². The first-order valence-electron chi connectivity index (χ1n) is 5.06. The Morgan fingerprint density at radius 3 is 2.50 bits per heavy atom. The molecule has 2 rings (SSSR count). The van der Waals surface area contributed by atoms with Crippen LogP contribution in [0.3, 0.4) is 0 Å². The van der Waals surface area contributed by atoms with Gasteiger partial charge in [-0.15, -0.1) is 11.6 Å².